The van der Waals surface area contributed by atoms with Gasteiger partial charge in [0.05, 0.1) is 19.3 Å². The van der Waals surface area contributed by atoms with Crippen molar-refractivity contribution < 1.29 is 23.5 Å². The first-order valence-corrected chi connectivity index (χ1v) is 11.2. The Morgan fingerprint density at radius 3 is 2.82 bits per heavy atom. The van der Waals surface area contributed by atoms with Crippen LogP contribution in [0.1, 0.15) is 55.7 Å². The standard InChI is InChI=1S/C22H21FN6O4S/c1-11(27-21(32)18-14-4-6-17(30)29-19(14)26-10-25-18)22-24-9-16(34-22)20(31)28-13-3-5-15(33-2)12(7-13)8-23/h3,5,7,9-11H,4,6,8H2,1-2H3,(H,27,32)(H,28,31)(H,25,26,29,30)/t11-/m1/s1. The van der Waals surface area contributed by atoms with E-state index in [2.05, 4.69) is 30.9 Å². The summed E-state index contributed by atoms with van der Waals surface area (Å²) in [6.45, 7) is 1.02. The summed E-state index contributed by atoms with van der Waals surface area (Å²) in [6, 6.07) is 4.21. The highest BCUT2D eigenvalue weighted by Crippen LogP contribution is 2.26. The molecule has 176 valence electrons. The average Bonchev–Trinajstić information content (AvgIpc) is 3.34. The van der Waals surface area contributed by atoms with Gasteiger partial charge >= 0.3 is 0 Å². The Bertz CT molecular complexity index is 1260. The first-order chi connectivity index (χ1) is 16.4. The van der Waals surface area contributed by atoms with Crippen LogP contribution < -0.4 is 20.7 Å². The summed E-state index contributed by atoms with van der Waals surface area (Å²) in [5.74, 6) is -0.252. The molecule has 0 spiro atoms. The molecule has 0 radical (unpaired) electrons. The van der Waals surface area contributed by atoms with Crippen LogP contribution in [0.5, 0.6) is 5.75 Å². The Labute approximate surface area is 198 Å². The molecule has 1 aliphatic heterocycles. The number of hydrogen-bond acceptors (Lipinski definition) is 8. The second kappa shape index (κ2) is 9.91. The molecule has 34 heavy (non-hydrogen) atoms. The summed E-state index contributed by atoms with van der Waals surface area (Å²) in [4.78, 5) is 49.7. The molecule has 0 saturated carbocycles. The van der Waals surface area contributed by atoms with E-state index in [1.54, 1.807) is 19.1 Å². The maximum absolute atomic E-state index is 13.2. The predicted molar refractivity (Wildman–Crippen MR) is 123 cm³/mol. The van der Waals surface area contributed by atoms with Gasteiger partial charge in [0, 0.05) is 23.2 Å². The van der Waals surface area contributed by atoms with E-state index in [-0.39, 0.29) is 18.0 Å². The SMILES string of the molecule is COc1ccc(NC(=O)c2cnc([C@@H](C)NC(=O)c3ncnc4c3CCC(=O)N4)s2)cc1CF. The minimum atomic E-state index is -0.725. The number of rotatable bonds is 7. The van der Waals surface area contributed by atoms with Gasteiger partial charge in [-0.1, -0.05) is 0 Å². The van der Waals surface area contributed by atoms with Gasteiger partial charge in [-0.2, -0.15) is 0 Å². The first kappa shape index (κ1) is 23.2. The lowest BCUT2D eigenvalue weighted by molar-refractivity contribution is -0.116. The molecule has 3 N–H and O–H groups in total. The Balaban J connectivity index is 1.43. The van der Waals surface area contributed by atoms with Crippen LogP contribution >= 0.6 is 11.3 Å². The van der Waals surface area contributed by atoms with Gasteiger partial charge < -0.3 is 20.7 Å². The number of benzene rings is 1. The van der Waals surface area contributed by atoms with Gasteiger partial charge in [0.15, 0.2) is 0 Å². The number of ether oxygens (including phenoxy) is 1. The molecule has 1 aliphatic rings. The molecule has 2 aromatic heterocycles. The van der Waals surface area contributed by atoms with Crippen LogP contribution in [0.3, 0.4) is 0 Å². The number of anilines is 2. The number of nitrogens with zero attached hydrogens (tertiary/aromatic N) is 3. The third-order valence-electron chi connectivity index (χ3n) is 5.17. The van der Waals surface area contributed by atoms with Crippen molar-refractivity contribution in [2.24, 2.45) is 0 Å². The summed E-state index contributed by atoms with van der Waals surface area (Å²) in [6.07, 6.45) is 3.27. The molecule has 1 atom stereocenters. The maximum Gasteiger partial charge on any atom is 0.270 e. The molecule has 3 aromatic rings. The minimum absolute atomic E-state index is 0.157. The molecule has 0 unspecified atom stereocenters. The van der Waals surface area contributed by atoms with E-state index in [1.165, 1.54) is 25.7 Å². The van der Waals surface area contributed by atoms with Crippen LogP contribution in [-0.4, -0.2) is 39.8 Å². The first-order valence-electron chi connectivity index (χ1n) is 10.3. The van der Waals surface area contributed by atoms with Gasteiger partial charge in [0.2, 0.25) is 5.91 Å². The zero-order valence-corrected chi connectivity index (χ0v) is 19.2. The molecule has 0 saturated heterocycles. The number of nitrogens with one attached hydrogen (secondary N) is 3. The number of hydrogen-bond donors (Lipinski definition) is 3. The highest BCUT2D eigenvalue weighted by molar-refractivity contribution is 7.13. The van der Waals surface area contributed by atoms with Gasteiger partial charge in [-0.15, -0.1) is 11.3 Å². The van der Waals surface area contributed by atoms with E-state index >= 15 is 0 Å². The number of halogens is 1. The van der Waals surface area contributed by atoms with Crippen LogP contribution in [-0.2, 0) is 17.9 Å². The van der Waals surface area contributed by atoms with Crippen molar-refractivity contribution in [3.8, 4) is 5.75 Å². The second-order valence-corrected chi connectivity index (χ2v) is 8.53. The highest BCUT2D eigenvalue weighted by atomic mass is 32.1. The number of alkyl halides is 1. The summed E-state index contributed by atoms with van der Waals surface area (Å²) in [7, 11) is 1.45. The Morgan fingerprint density at radius 1 is 1.24 bits per heavy atom. The van der Waals surface area contributed by atoms with Gasteiger partial charge in [-0.3, -0.25) is 14.4 Å². The number of carbonyl (C=O) groups is 3. The van der Waals surface area contributed by atoms with E-state index in [4.69, 9.17) is 4.74 Å². The fraction of sp³-hybridized carbons (Fsp3) is 0.273. The molecule has 1 aromatic carbocycles. The van der Waals surface area contributed by atoms with Crippen molar-refractivity contribution in [3.63, 3.8) is 0 Å². The van der Waals surface area contributed by atoms with Crippen molar-refractivity contribution in [2.45, 2.75) is 32.5 Å². The number of methoxy groups -OCH3 is 1. The van der Waals surface area contributed by atoms with E-state index in [9.17, 15) is 18.8 Å². The number of aromatic nitrogens is 3. The summed E-state index contributed by atoms with van der Waals surface area (Å²) in [5.41, 5.74) is 1.52. The van der Waals surface area contributed by atoms with Gasteiger partial charge in [0.25, 0.3) is 11.8 Å². The van der Waals surface area contributed by atoms with Crippen molar-refractivity contribution in [1.82, 2.24) is 20.3 Å². The number of carbonyl (C=O) groups excluding carboxylic acids is 3. The van der Waals surface area contributed by atoms with Crippen LogP contribution in [0.4, 0.5) is 15.9 Å². The lowest BCUT2D eigenvalue weighted by Crippen LogP contribution is -2.30. The van der Waals surface area contributed by atoms with E-state index in [1.807, 2.05) is 0 Å². The largest absolute Gasteiger partial charge is 0.496 e. The molecular weight excluding hydrogens is 463 g/mol. The molecule has 12 heteroatoms. The fourth-order valence-electron chi connectivity index (χ4n) is 3.46. The quantitative estimate of drug-likeness (QED) is 0.469. The van der Waals surface area contributed by atoms with Gasteiger partial charge in [0.1, 0.15) is 40.1 Å². The lowest BCUT2D eigenvalue weighted by atomic mass is 10.0. The molecule has 0 bridgehead atoms. The molecule has 10 nitrogen and oxygen atoms in total. The summed E-state index contributed by atoms with van der Waals surface area (Å²) >= 11 is 1.13. The molecule has 3 amide bonds. The summed E-state index contributed by atoms with van der Waals surface area (Å²) < 4.78 is 18.3. The third-order valence-corrected chi connectivity index (χ3v) is 6.35. The van der Waals surface area contributed by atoms with Crippen molar-refractivity contribution in [3.05, 3.63) is 57.4 Å². The minimum Gasteiger partial charge on any atom is -0.496 e. The van der Waals surface area contributed by atoms with Gasteiger partial charge in [-0.25, -0.2) is 19.3 Å². The zero-order valence-electron chi connectivity index (χ0n) is 18.3. The van der Waals surface area contributed by atoms with Crippen LogP contribution in [0.15, 0.2) is 30.7 Å². The molecular formula is C22H21FN6O4S. The van der Waals surface area contributed by atoms with Crippen LogP contribution in [0, 0.1) is 0 Å². The maximum atomic E-state index is 13.2. The van der Waals surface area contributed by atoms with Crippen LogP contribution in [0.2, 0.25) is 0 Å². The van der Waals surface area contributed by atoms with Crippen molar-refractivity contribution in [2.75, 3.05) is 17.7 Å². The number of amides is 3. The van der Waals surface area contributed by atoms with Crippen LogP contribution in [0.25, 0.3) is 0 Å². The zero-order chi connectivity index (χ0) is 24.2. The third kappa shape index (κ3) is 4.86. The van der Waals surface area contributed by atoms with Gasteiger partial charge in [-0.05, 0) is 31.5 Å². The highest BCUT2D eigenvalue weighted by Gasteiger charge is 2.25. The normalized spacial score (nSPS) is 13.4. The fourth-order valence-corrected chi connectivity index (χ4v) is 4.27. The Hall–Kier alpha value is -3.93. The number of thiazole rings is 1. The Morgan fingerprint density at radius 2 is 2.06 bits per heavy atom. The summed E-state index contributed by atoms with van der Waals surface area (Å²) in [5, 5.41) is 8.69. The monoisotopic (exact) mass is 484 g/mol. The average molecular weight is 485 g/mol. The molecule has 0 aliphatic carbocycles. The number of fused-ring (bicyclic) bond motifs is 1. The van der Waals surface area contributed by atoms with Crippen molar-refractivity contribution in [1.29, 1.82) is 0 Å². The molecule has 0 fully saturated rings. The Kier molecular flexibility index (Phi) is 6.77. The van der Waals surface area contributed by atoms with E-state index in [0.29, 0.717) is 44.7 Å². The van der Waals surface area contributed by atoms with E-state index in [0.717, 1.165) is 11.3 Å². The topological polar surface area (TPSA) is 135 Å². The predicted octanol–water partition coefficient (Wildman–Crippen LogP) is 3.04. The smallest absolute Gasteiger partial charge is 0.270 e. The molecule has 3 heterocycles. The van der Waals surface area contributed by atoms with E-state index < -0.39 is 24.5 Å². The molecule has 4 rings (SSSR count). The second-order valence-electron chi connectivity index (χ2n) is 7.47. The lowest BCUT2D eigenvalue weighted by Gasteiger charge is -2.18. The van der Waals surface area contributed by atoms with Crippen molar-refractivity contribution >= 4 is 40.6 Å².